The van der Waals surface area contributed by atoms with Crippen LogP contribution < -0.4 is 10.1 Å². The molecule has 2 aliphatic rings. The second-order valence-corrected chi connectivity index (χ2v) is 7.10. The van der Waals surface area contributed by atoms with Crippen LogP contribution in [0.2, 0.25) is 0 Å². The Morgan fingerprint density at radius 1 is 1.07 bits per heavy atom. The Balaban J connectivity index is 1.43. The van der Waals surface area contributed by atoms with Gasteiger partial charge in [0.05, 0.1) is 13.7 Å². The summed E-state index contributed by atoms with van der Waals surface area (Å²) in [6.07, 6.45) is 1.70. The first-order chi connectivity index (χ1) is 13.6. The van der Waals surface area contributed by atoms with Crippen LogP contribution in [0.15, 0.2) is 24.3 Å². The average molecular weight is 390 g/mol. The summed E-state index contributed by atoms with van der Waals surface area (Å²) in [6.45, 7) is 6.83. The third kappa shape index (κ3) is 5.07. The first-order valence-electron chi connectivity index (χ1n) is 9.96. The largest absolute Gasteiger partial charge is 0.497 e. The zero-order valence-corrected chi connectivity index (χ0v) is 16.7. The highest BCUT2D eigenvalue weighted by atomic mass is 16.6. The first-order valence-corrected chi connectivity index (χ1v) is 9.96. The number of hydrogen-bond acceptors (Lipinski definition) is 5. The molecule has 0 radical (unpaired) electrons. The van der Waals surface area contributed by atoms with Crippen LogP contribution in [0.4, 0.5) is 15.3 Å². The van der Waals surface area contributed by atoms with Gasteiger partial charge in [-0.1, -0.05) is 6.07 Å². The van der Waals surface area contributed by atoms with Gasteiger partial charge in [0.15, 0.2) is 0 Å². The molecule has 0 unspecified atom stereocenters. The van der Waals surface area contributed by atoms with Crippen LogP contribution in [0.3, 0.4) is 0 Å². The molecule has 8 nitrogen and oxygen atoms in total. The first kappa shape index (κ1) is 20.3. The van der Waals surface area contributed by atoms with Gasteiger partial charge in [-0.3, -0.25) is 4.90 Å². The summed E-state index contributed by atoms with van der Waals surface area (Å²) < 4.78 is 10.3. The number of anilines is 1. The molecule has 0 atom stereocenters. The molecule has 0 aromatic heterocycles. The lowest BCUT2D eigenvalue weighted by molar-refractivity contribution is 0.0581. The number of nitrogens with one attached hydrogen (secondary N) is 1. The van der Waals surface area contributed by atoms with Crippen molar-refractivity contribution in [3.63, 3.8) is 0 Å². The second-order valence-electron chi connectivity index (χ2n) is 7.10. The van der Waals surface area contributed by atoms with Gasteiger partial charge in [-0.05, 0) is 31.9 Å². The molecule has 2 aliphatic heterocycles. The summed E-state index contributed by atoms with van der Waals surface area (Å²) in [5, 5.41) is 2.94. The number of piperazine rings is 1. The molecule has 2 fully saturated rings. The molecule has 0 saturated carbocycles. The van der Waals surface area contributed by atoms with Gasteiger partial charge >= 0.3 is 12.1 Å². The number of methoxy groups -OCH3 is 1. The zero-order chi connectivity index (χ0) is 19.9. The number of carbonyl (C=O) groups excluding carboxylic acids is 2. The number of carbonyl (C=O) groups is 2. The van der Waals surface area contributed by atoms with E-state index in [-0.39, 0.29) is 12.1 Å². The van der Waals surface area contributed by atoms with E-state index < -0.39 is 0 Å². The number of amides is 3. The Hall–Kier alpha value is -2.48. The maximum Gasteiger partial charge on any atom is 0.409 e. The van der Waals surface area contributed by atoms with E-state index in [2.05, 4.69) is 10.2 Å². The third-order valence-corrected chi connectivity index (χ3v) is 5.43. The summed E-state index contributed by atoms with van der Waals surface area (Å²) in [4.78, 5) is 30.4. The highest BCUT2D eigenvalue weighted by Crippen LogP contribution is 2.20. The van der Waals surface area contributed by atoms with Crippen LogP contribution in [0.25, 0.3) is 0 Å². The zero-order valence-electron chi connectivity index (χ0n) is 16.7. The lowest BCUT2D eigenvalue weighted by Crippen LogP contribution is -2.55. The number of piperidine rings is 1. The molecule has 3 amide bonds. The van der Waals surface area contributed by atoms with Crippen LogP contribution in [-0.2, 0) is 4.74 Å². The molecule has 0 bridgehead atoms. The minimum absolute atomic E-state index is 0.0787. The van der Waals surface area contributed by atoms with Crippen LogP contribution in [0, 0.1) is 0 Å². The molecule has 3 rings (SSSR count). The monoisotopic (exact) mass is 390 g/mol. The smallest absolute Gasteiger partial charge is 0.409 e. The lowest BCUT2D eigenvalue weighted by atomic mass is 10.0. The minimum atomic E-state index is -0.208. The molecular weight excluding hydrogens is 360 g/mol. The number of benzene rings is 1. The molecule has 0 aliphatic carbocycles. The minimum Gasteiger partial charge on any atom is -0.497 e. The third-order valence-electron chi connectivity index (χ3n) is 5.43. The Labute approximate surface area is 166 Å². The number of ether oxygens (including phenoxy) is 2. The van der Waals surface area contributed by atoms with Crippen LogP contribution >= 0.6 is 0 Å². The summed E-state index contributed by atoms with van der Waals surface area (Å²) in [5.41, 5.74) is 0.734. The van der Waals surface area contributed by atoms with Gasteiger partial charge in [-0.15, -0.1) is 0 Å². The number of hydrogen-bond donors (Lipinski definition) is 1. The van der Waals surface area contributed by atoms with Crippen LogP contribution in [0.5, 0.6) is 5.75 Å². The van der Waals surface area contributed by atoms with Crippen molar-refractivity contribution >= 4 is 17.8 Å². The fourth-order valence-corrected chi connectivity index (χ4v) is 3.82. The van der Waals surface area contributed by atoms with E-state index in [0.29, 0.717) is 25.7 Å². The Morgan fingerprint density at radius 3 is 2.43 bits per heavy atom. The second kappa shape index (κ2) is 9.64. The summed E-state index contributed by atoms with van der Waals surface area (Å²) >= 11 is 0. The average Bonchev–Trinajstić information content (AvgIpc) is 2.74. The molecular formula is C20H30N4O4. The van der Waals surface area contributed by atoms with Crippen LogP contribution in [-0.4, -0.2) is 85.9 Å². The van der Waals surface area contributed by atoms with Crippen LogP contribution in [0.1, 0.15) is 19.8 Å². The quantitative estimate of drug-likeness (QED) is 0.855. The topological polar surface area (TPSA) is 74.4 Å². The highest BCUT2D eigenvalue weighted by molar-refractivity contribution is 5.89. The highest BCUT2D eigenvalue weighted by Gasteiger charge is 2.30. The maximum atomic E-state index is 12.5. The SMILES string of the molecule is CCOC(=O)N1CCC(N2CCN(C(=O)Nc3cccc(OC)c3)CC2)CC1. The van der Waals surface area contributed by atoms with Gasteiger partial charge < -0.3 is 24.6 Å². The van der Waals surface area contributed by atoms with Gasteiger partial charge in [0.1, 0.15) is 5.75 Å². The summed E-state index contributed by atoms with van der Waals surface area (Å²) in [6, 6.07) is 7.76. The Bertz CT molecular complexity index is 668. The van der Waals surface area contributed by atoms with E-state index in [1.807, 2.05) is 36.1 Å². The number of likely N-dealkylation sites (tertiary alicyclic amines) is 1. The fourth-order valence-electron chi connectivity index (χ4n) is 3.82. The van der Waals surface area contributed by atoms with E-state index in [1.165, 1.54) is 0 Å². The van der Waals surface area contributed by atoms with Gasteiger partial charge in [-0.2, -0.15) is 0 Å². The normalized spacial score (nSPS) is 18.6. The summed E-state index contributed by atoms with van der Waals surface area (Å²) in [5.74, 6) is 0.719. The van der Waals surface area contributed by atoms with E-state index in [0.717, 1.165) is 50.5 Å². The Morgan fingerprint density at radius 2 is 1.79 bits per heavy atom. The number of nitrogens with zero attached hydrogens (tertiary/aromatic N) is 3. The molecule has 1 N–H and O–H groups in total. The van der Waals surface area contributed by atoms with E-state index in [1.54, 1.807) is 12.0 Å². The predicted molar refractivity (Wildman–Crippen MR) is 107 cm³/mol. The molecule has 28 heavy (non-hydrogen) atoms. The van der Waals surface area contributed by atoms with E-state index >= 15 is 0 Å². The van der Waals surface area contributed by atoms with Crippen molar-refractivity contribution in [3.8, 4) is 5.75 Å². The predicted octanol–water partition coefficient (Wildman–Crippen LogP) is 2.47. The molecule has 2 saturated heterocycles. The molecule has 0 spiro atoms. The van der Waals surface area contributed by atoms with E-state index in [9.17, 15) is 9.59 Å². The fraction of sp³-hybridized carbons (Fsp3) is 0.600. The van der Waals surface area contributed by atoms with Crippen molar-refractivity contribution in [2.24, 2.45) is 0 Å². The number of rotatable bonds is 4. The van der Waals surface area contributed by atoms with Gasteiger partial charge in [0.25, 0.3) is 0 Å². The van der Waals surface area contributed by atoms with Gasteiger partial charge in [-0.25, -0.2) is 9.59 Å². The molecule has 1 aromatic rings. The lowest BCUT2D eigenvalue weighted by Gasteiger charge is -2.42. The van der Waals surface area contributed by atoms with Crippen molar-refractivity contribution in [1.29, 1.82) is 0 Å². The molecule has 2 heterocycles. The van der Waals surface area contributed by atoms with Crippen molar-refractivity contribution < 1.29 is 19.1 Å². The molecule has 8 heteroatoms. The standard InChI is InChI=1S/C20H30N4O4/c1-3-28-20(26)24-9-7-17(8-10-24)22-11-13-23(14-12-22)19(25)21-16-5-4-6-18(15-16)27-2/h4-6,15,17H,3,7-14H2,1-2H3,(H,21,25). The van der Waals surface area contributed by atoms with Crippen molar-refractivity contribution in [1.82, 2.24) is 14.7 Å². The molecule has 154 valence electrons. The van der Waals surface area contributed by atoms with E-state index in [4.69, 9.17) is 9.47 Å². The summed E-state index contributed by atoms with van der Waals surface area (Å²) in [7, 11) is 1.61. The van der Waals surface area contributed by atoms with Gasteiger partial charge in [0.2, 0.25) is 0 Å². The van der Waals surface area contributed by atoms with Gasteiger partial charge in [0, 0.05) is 57.1 Å². The van der Waals surface area contributed by atoms with Crippen molar-refractivity contribution in [2.45, 2.75) is 25.8 Å². The van der Waals surface area contributed by atoms with Crippen molar-refractivity contribution in [2.75, 3.05) is 58.3 Å². The molecule has 1 aromatic carbocycles. The van der Waals surface area contributed by atoms with Crippen molar-refractivity contribution in [3.05, 3.63) is 24.3 Å². The number of urea groups is 1. The Kier molecular flexibility index (Phi) is 6.97. The maximum absolute atomic E-state index is 12.5.